The number of nitrogens with one attached hydrogen (secondary N) is 1. The second-order valence-corrected chi connectivity index (χ2v) is 5.08. The third kappa shape index (κ3) is 3.29. The summed E-state index contributed by atoms with van der Waals surface area (Å²) in [5, 5.41) is 8.23. The first-order valence-corrected chi connectivity index (χ1v) is 7.72. The Kier molecular flexibility index (Phi) is 4.60. The molecule has 3 heterocycles. The number of rotatable bonds is 5. The van der Waals surface area contributed by atoms with Crippen LogP contribution in [0.2, 0.25) is 0 Å². The van der Waals surface area contributed by atoms with Crippen LogP contribution < -0.4 is 0 Å². The lowest BCUT2D eigenvalue weighted by atomic mass is 10.2. The lowest BCUT2D eigenvalue weighted by molar-refractivity contribution is 0.0526. The topological polar surface area (TPSA) is 93.7 Å². The van der Waals surface area contributed by atoms with Gasteiger partial charge < -0.3 is 9.72 Å². The molecule has 0 bridgehead atoms. The minimum atomic E-state index is -0.391. The molecule has 0 aliphatic rings. The highest BCUT2D eigenvalue weighted by atomic mass is 16.5. The number of hydrogen-bond acceptors (Lipinski definition) is 6. The van der Waals surface area contributed by atoms with Gasteiger partial charge >= 0.3 is 5.97 Å². The lowest BCUT2D eigenvalue weighted by Gasteiger charge is -2.02. The number of nitrogens with zero attached hydrogens (tertiary/aromatic N) is 4. The maximum Gasteiger partial charge on any atom is 0.338 e. The van der Waals surface area contributed by atoms with Gasteiger partial charge in [-0.25, -0.2) is 4.79 Å². The number of pyridine rings is 2. The summed E-state index contributed by atoms with van der Waals surface area (Å²) in [7, 11) is 0. The Hall–Kier alpha value is -3.09. The fraction of sp³-hybridized carbons (Fsp3) is 0.235. The van der Waals surface area contributed by atoms with Gasteiger partial charge in [-0.1, -0.05) is 6.92 Å². The van der Waals surface area contributed by atoms with Gasteiger partial charge in [0.2, 0.25) is 0 Å². The molecular weight excluding hydrogens is 306 g/mol. The summed E-state index contributed by atoms with van der Waals surface area (Å²) < 4.78 is 5.00. The van der Waals surface area contributed by atoms with Gasteiger partial charge in [-0.05, 0) is 43.2 Å². The summed E-state index contributed by atoms with van der Waals surface area (Å²) in [5.41, 5.74) is 2.83. The Labute approximate surface area is 139 Å². The number of H-pyrrole nitrogens is 1. The monoisotopic (exact) mass is 323 g/mol. The number of ether oxygens (including phenoxy) is 1. The molecule has 0 aromatic carbocycles. The number of carbonyl (C=O) groups excluding carboxylic acids is 1. The quantitative estimate of drug-likeness (QED) is 0.726. The van der Waals surface area contributed by atoms with Gasteiger partial charge in [0, 0.05) is 12.4 Å². The maximum atomic E-state index is 11.8. The molecule has 3 rings (SSSR count). The molecule has 1 N–H and O–H groups in total. The molecule has 0 radical (unpaired) electrons. The molecular formula is C17H17N5O2. The van der Waals surface area contributed by atoms with Crippen molar-refractivity contribution in [1.29, 1.82) is 0 Å². The molecule has 0 atom stereocenters. The number of carbonyl (C=O) groups is 1. The van der Waals surface area contributed by atoms with E-state index < -0.39 is 5.97 Å². The minimum Gasteiger partial charge on any atom is -0.462 e. The predicted molar refractivity (Wildman–Crippen MR) is 88.2 cm³/mol. The highest BCUT2D eigenvalue weighted by Gasteiger charge is 2.13. The molecule has 0 aliphatic carbocycles. The Morgan fingerprint density at radius 1 is 1.04 bits per heavy atom. The zero-order valence-corrected chi connectivity index (χ0v) is 13.5. The molecule has 3 aromatic rings. The first kappa shape index (κ1) is 15.8. The van der Waals surface area contributed by atoms with Gasteiger partial charge in [0.05, 0.1) is 12.2 Å². The van der Waals surface area contributed by atoms with Crippen molar-refractivity contribution in [3.8, 4) is 23.0 Å². The summed E-state index contributed by atoms with van der Waals surface area (Å²) in [6, 6.07) is 7.15. The number of hydrogen-bond donors (Lipinski definition) is 1. The third-order valence-electron chi connectivity index (χ3n) is 3.48. The van der Waals surface area contributed by atoms with Crippen molar-refractivity contribution in [1.82, 2.24) is 25.1 Å². The number of aryl methyl sites for hydroxylation is 1. The van der Waals surface area contributed by atoms with Crippen LogP contribution in [0.25, 0.3) is 23.0 Å². The van der Waals surface area contributed by atoms with E-state index in [1.807, 2.05) is 12.1 Å². The largest absolute Gasteiger partial charge is 0.462 e. The van der Waals surface area contributed by atoms with Gasteiger partial charge in [0.15, 0.2) is 11.6 Å². The molecule has 0 aliphatic heterocycles. The van der Waals surface area contributed by atoms with E-state index in [4.69, 9.17) is 4.74 Å². The molecule has 0 saturated carbocycles. The average Bonchev–Trinajstić information content (AvgIpc) is 3.12. The Bertz CT molecular complexity index is 859. The van der Waals surface area contributed by atoms with E-state index >= 15 is 0 Å². The van der Waals surface area contributed by atoms with Crippen molar-refractivity contribution in [2.75, 3.05) is 6.61 Å². The molecule has 7 nitrogen and oxygen atoms in total. The molecule has 122 valence electrons. The number of esters is 1. The standard InChI is InChI=1S/C17H17N5O2/c1-3-11-5-7-18-13(9-11)15-20-16(22-21-15)14-10-12(6-8-19-14)17(23)24-4-2/h5-10H,3-4H2,1-2H3,(H,20,21,22). The summed E-state index contributed by atoms with van der Waals surface area (Å²) in [4.78, 5) is 23.5. The van der Waals surface area contributed by atoms with Gasteiger partial charge in [-0.15, -0.1) is 10.2 Å². The summed E-state index contributed by atoms with van der Waals surface area (Å²) in [6.45, 7) is 4.16. The van der Waals surface area contributed by atoms with E-state index in [2.05, 4.69) is 32.1 Å². The van der Waals surface area contributed by atoms with Gasteiger partial charge in [-0.3, -0.25) is 9.97 Å². The van der Waals surface area contributed by atoms with Crippen molar-refractivity contribution in [2.45, 2.75) is 20.3 Å². The van der Waals surface area contributed by atoms with E-state index in [1.54, 1.807) is 31.5 Å². The molecule has 0 amide bonds. The zero-order valence-electron chi connectivity index (χ0n) is 13.5. The molecule has 0 unspecified atom stereocenters. The highest BCUT2D eigenvalue weighted by molar-refractivity contribution is 5.90. The smallest absolute Gasteiger partial charge is 0.338 e. The van der Waals surface area contributed by atoms with Gasteiger partial charge in [-0.2, -0.15) is 0 Å². The van der Waals surface area contributed by atoms with Crippen LogP contribution in [0, 0.1) is 0 Å². The summed E-state index contributed by atoms with van der Waals surface area (Å²) in [5.74, 6) is 0.640. The molecule has 24 heavy (non-hydrogen) atoms. The van der Waals surface area contributed by atoms with Crippen LogP contribution in [0.3, 0.4) is 0 Å². The van der Waals surface area contributed by atoms with Crippen molar-refractivity contribution in [3.63, 3.8) is 0 Å². The summed E-state index contributed by atoms with van der Waals surface area (Å²) in [6.07, 6.45) is 4.20. The SMILES string of the molecule is CCOC(=O)c1ccnc(-c2nnc(-c3cc(CC)ccn3)[nH]2)c1. The number of aromatic amines is 1. The minimum absolute atomic E-state index is 0.322. The highest BCUT2D eigenvalue weighted by Crippen LogP contribution is 2.19. The van der Waals surface area contributed by atoms with Crippen LogP contribution in [-0.2, 0) is 11.2 Å². The second-order valence-electron chi connectivity index (χ2n) is 5.08. The molecule has 0 fully saturated rings. The van der Waals surface area contributed by atoms with E-state index in [1.165, 1.54) is 5.56 Å². The van der Waals surface area contributed by atoms with Crippen LogP contribution in [-0.4, -0.2) is 37.7 Å². The molecule has 0 saturated heterocycles. The van der Waals surface area contributed by atoms with Crippen LogP contribution >= 0.6 is 0 Å². The van der Waals surface area contributed by atoms with Crippen molar-refractivity contribution in [3.05, 3.63) is 47.8 Å². The Morgan fingerprint density at radius 3 is 2.38 bits per heavy atom. The van der Waals surface area contributed by atoms with Crippen molar-refractivity contribution < 1.29 is 9.53 Å². The van der Waals surface area contributed by atoms with Gasteiger partial charge in [0.25, 0.3) is 0 Å². The van der Waals surface area contributed by atoms with Crippen molar-refractivity contribution in [2.24, 2.45) is 0 Å². The normalized spacial score (nSPS) is 10.6. The third-order valence-corrected chi connectivity index (χ3v) is 3.48. The van der Waals surface area contributed by atoms with Crippen LogP contribution in [0.5, 0.6) is 0 Å². The maximum absolute atomic E-state index is 11.8. The molecule has 0 spiro atoms. The summed E-state index contributed by atoms with van der Waals surface area (Å²) >= 11 is 0. The van der Waals surface area contributed by atoms with Crippen LogP contribution in [0.1, 0.15) is 29.8 Å². The fourth-order valence-corrected chi connectivity index (χ4v) is 2.22. The van der Waals surface area contributed by atoms with Crippen molar-refractivity contribution >= 4 is 5.97 Å². The average molecular weight is 323 g/mol. The Morgan fingerprint density at radius 2 is 1.71 bits per heavy atom. The predicted octanol–water partition coefficient (Wildman–Crippen LogP) is 2.67. The first-order chi connectivity index (χ1) is 11.7. The molecule has 3 aromatic heterocycles. The lowest BCUT2D eigenvalue weighted by Crippen LogP contribution is -2.05. The van der Waals surface area contributed by atoms with E-state index in [9.17, 15) is 4.79 Å². The Balaban J connectivity index is 1.90. The van der Waals surface area contributed by atoms with Crippen LogP contribution in [0.4, 0.5) is 0 Å². The number of aromatic nitrogens is 5. The van der Waals surface area contributed by atoms with Crippen LogP contribution in [0.15, 0.2) is 36.7 Å². The fourth-order valence-electron chi connectivity index (χ4n) is 2.22. The molecule has 7 heteroatoms. The van der Waals surface area contributed by atoms with Gasteiger partial charge in [0.1, 0.15) is 11.4 Å². The van der Waals surface area contributed by atoms with E-state index in [0.29, 0.717) is 29.5 Å². The second kappa shape index (κ2) is 6.99. The zero-order chi connectivity index (χ0) is 16.9. The first-order valence-electron chi connectivity index (χ1n) is 7.72. The van der Waals surface area contributed by atoms with E-state index in [-0.39, 0.29) is 0 Å². The van der Waals surface area contributed by atoms with E-state index in [0.717, 1.165) is 12.1 Å².